The lowest BCUT2D eigenvalue weighted by atomic mass is 10.1. The van der Waals surface area contributed by atoms with Gasteiger partial charge in [-0.3, -0.25) is 37.0 Å². The molecule has 8 N–H and O–H groups in total. The lowest BCUT2D eigenvalue weighted by molar-refractivity contribution is -0.168. The monoisotopic (exact) mass is 687 g/mol. The van der Waals surface area contributed by atoms with Crippen molar-refractivity contribution in [3.8, 4) is 0 Å². The Morgan fingerprint density at radius 3 is 2.50 bits per heavy atom. The normalized spacial score (nSPS) is 37.1. The number of hydrogen-bond donors (Lipinski definition) is 7. The number of imidazole rings is 2. The highest BCUT2D eigenvalue weighted by Gasteiger charge is 2.54. The van der Waals surface area contributed by atoms with Crippen molar-refractivity contribution in [2.75, 3.05) is 31.1 Å². The molecule has 4 unspecified atom stereocenters. The number of phosphoric ester groups is 1. The van der Waals surface area contributed by atoms with Gasteiger partial charge in [-0.1, -0.05) is 0 Å². The second-order valence-corrected chi connectivity index (χ2v) is 13.6. The first-order valence-electron chi connectivity index (χ1n) is 13.5. The average Bonchev–Trinajstić information content (AvgIpc) is 3.76. The predicted molar refractivity (Wildman–Crippen MR) is 151 cm³/mol. The Bertz CT molecular complexity index is 1950. The molecule has 7 heterocycles. The number of nitrogens with zero attached hydrogens (tertiary/aromatic N) is 6. The molecule has 3 saturated heterocycles. The summed E-state index contributed by atoms with van der Waals surface area (Å²) in [6.45, 7) is -0.798. The maximum absolute atomic E-state index is 13.2. The van der Waals surface area contributed by atoms with Crippen LogP contribution >= 0.6 is 15.4 Å². The smallest absolute Gasteiger partial charge is 0.386 e. The topological polar surface area (TPSA) is 303 Å². The summed E-state index contributed by atoms with van der Waals surface area (Å²) in [4.78, 5) is 52.5. The number of nitrogens with one attached hydrogen (secondary N) is 2. The van der Waals surface area contributed by atoms with Crippen LogP contribution in [0.25, 0.3) is 22.3 Å². The summed E-state index contributed by atoms with van der Waals surface area (Å²) >= 11 is 0. The Morgan fingerprint density at radius 2 is 1.74 bits per heavy atom. The van der Waals surface area contributed by atoms with Crippen LogP contribution in [0, 0.1) is 0 Å². The number of aromatic nitrogens is 7. The van der Waals surface area contributed by atoms with Gasteiger partial charge in [0.05, 0.1) is 24.9 Å². The Balaban J connectivity index is 1.20. The van der Waals surface area contributed by atoms with Crippen molar-refractivity contribution in [3.63, 3.8) is 0 Å². The van der Waals surface area contributed by atoms with Crippen LogP contribution < -0.4 is 16.6 Å². The van der Waals surface area contributed by atoms with Gasteiger partial charge in [-0.05, 0) is 6.07 Å². The summed E-state index contributed by atoms with van der Waals surface area (Å²) in [5, 5.41) is 25.2. The van der Waals surface area contributed by atoms with E-state index in [0.29, 0.717) is 11.2 Å². The fraction of sp³-hybridized carbons (Fsp3) is 0.500. The number of fused-ring (bicyclic) bond motifs is 5. The molecular weight excluding hydrogens is 660 g/mol. The molecule has 46 heavy (non-hydrogen) atoms. The highest BCUT2D eigenvalue weighted by atomic mass is 31.2. The minimum atomic E-state index is -5.12. The molecule has 7 rings (SSSR count). The molecule has 0 aromatic carbocycles. The summed E-state index contributed by atoms with van der Waals surface area (Å²) in [6, 6.07) is 1.68. The molecule has 3 aliphatic rings. The van der Waals surface area contributed by atoms with Crippen molar-refractivity contribution in [2.24, 2.45) is 0 Å². The Labute approximate surface area is 256 Å². The maximum Gasteiger partial charge on any atom is 0.472 e. The number of phosphoric acid groups is 1. The summed E-state index contributed by atoms with van der Waals surface area (Å²) < 4.78 is 61.8. The van der Waals surface area contributed by atoms with Crippen LogP contribution in [0.4, 0.5) is 11.6 Å². The van der Waals surface area contributed by atoms with Crippen molar-refractivity contribution >= 4 is 49.4 Å². The van der Waals surface area contributed by atoms with Crippen LogP contribution in [-0.4, -0.2) is 111 Å². The molecular formula is C22H27N9O13P2. The van der Waals surface area contributed by atoms with E-state index in [2.05, 4.69) is 30.2 Å². The molecule has 248 valence electrons. The number of hydrogen-bond acceptors (Lipinski definition) is 17. The molecule has 4 aromatic rings. The zero-order valence-corrected chi connectivity index (χ0v) is 25.2. The zero-order valence-electron chi connectivity index (χ0n) is 23.5. The third-order valence-corrected chi connectivity index (χ3v) is 9.59. The van der Waals surface area contributed by atoms with Gasteiger partial charge in [0, 0.05) is 13.2 Å². The van der Waals surface area contributed by atoms with Gasteiger partial charge < -0.3 is 45.3 Å². The van der Waals surface area contributed by atoms with Gasteiger partial charge in [0.15, 0.2) is 41.9 Å². The number of pyridine rings is 1. The van der Waals surface area contributed by atoms with Crippen LogP contribution in [0.3, 0.4) is 0 Å². The molecule has 4 aromatic heterocycles. The minimum absolute atomic E-state index is 0.135. The van der Waals surface area contributed by atoms with Gasteiger partial charge in [-0.25, -0.2) is 19.5 Å². The first kappa shape index (κ1) is 31.2. The fourth-order valence-electron chi connectivity index (χ4n) is 5.50. The molecule has 10 atom stereocenters. The number of rotatable bonds is 3. The van der Waals surface area contributed by atoms with Crippen LogP contribution in [0.2, 0.25) is 0 Å². The number of ether oxygens (including phenoxy) is 3. The molecule has 0 amide bonds. The van der Waals surface area contributed by atoms with Gasteiger partial charge in [-0.2, -0.15) is 4.98 Å². The highest BCUT2D eigenvalue weighted by Crippen LogP contribution is 2.53. The van der Waals surface area contributed by atoms with E-state index in [1.54, 1.807) is 13.1 Å². The van der Waals surface area contributed by atoms with Crippen LogP contribution in [-0.2, 0) is 36.9 Å². The zero-order chi connectivity index (χ0) is 32.5. The summed E-state index contributed by atoms with van der Waals surface area (Å²) in [6.07, 6.45) is -9.98. The minimum Gasteiger partial charge on any atom is -0.386 e. The van der Waals surface area contributed by atoms with Gasteiger partial charge in [0.2, 0.25) is 5.95 Å². The van der Waals surface area contributed by atoms with E-state index in [0.717, 1.165) is 10.9 Å². The predicted octanol–water partition coefficient (Wildman–Crippen LogP) is -1.28. The molecule has 0 spiro atoms. The van der Waals surface area contributed by atoms with Gasteiger partial charge in [0.1, 0.15) is 36.0 Å². The van der Waals surface area contributed by atoms with E-state index in [4.69, 9.17) is 33.5 Å². The second-order valence-electron chi connectivity index (χ2n) is 10.5. The molecule has 0 radical (unpaired) electrons. The van der Waals surface area contributed by atoms with Gasteiger partial charge >= 0.3 is 15.4 Å². The Kier molecular flexibility index (Phi) is 7.74. The molecule has 0 aliphatic carbocycles. The number of aliphatic hydroxyl groups excluding tert-OH is 2. The van der Waals surface area contributed by atoms with Crippen molar-refractivity contribution < 1.29 is 56.9 Å². The number of H-pyrrole nitrogens is 1. The number of anilines is 2. The van der Waals surface area contributed by atoms with E-state index < -0.39 is 83.2 Å². The van der Waals surface area contributed by atoms with Crippen molar-refractivity contribution in [3.05, 3.63) is 35.3 Å². The van der Waals surface area contributed by atoms with E-state index in [1.165, 1.54) is 17.1 Å². The molecule has 22 nitrogen and oxygen atoms in total. The van der Waals surface area contributed by atoms with E-state index >= 15 is 0 Å². The summed E-state index contributed by atoms with van der Waals surface area (Å²) in [5.74, 6) is -0.284. The Hall–Kier alpha value is -3.37. The molecule has 2 bridgehead atoms. The molecule has 3 aliphatic heterocycles. The first-order valence-corrected chi connectivity index (χ1v) is 16.8. The van der Waals surface area contributed by atoms with Gasteiger partial charge in [-0.15, -0.1) is 0 Å². The Morgan fingerprint density at radius 1 is 1.00 bits per heavy atom. The van der Waals surface area contributed by atoms with Crippen LogP contribution in [0.1, 0.15) is 12.5 Å². The number of nitrogens with two attached hydrogens (primary N) is 1. The average molecular weight is 687 g/mol. The van der Waals surface area contributed by atoms with Crippen molar-refractivity contribution in [1.29, 1.82) is 0 Å². The first-order chi connectivity index (χ1) is 21.9. The number of aliphatic hydroxyl groups is 2. The standard InChI is InChI=1S/C22H27N9O13P2/c1-24-8-2-3-25-16-10(8)26-5-30(16)19-12(32)14-9(41-19)4-40-46(37,38)44-15-13(33)21(39-7-45(35,36)43-14)42-20(15)31-6-27-11-17(31)28-22(23)29-18(11)34/h2-3,5-6,9,12-15,19-21,32-33H,4,7H2,1H3,(H,24,25)(H,35,36)(H,37,38)(H3,23,28,29,34)/t9-,12?,13-,14+,15?,19-,20-,21+/m1/s1. The van der Waals surface area contributed by atoms with Crippen LogP contribution in [0.15, 0.2) is 29.7 Å². The lowest BCUT2D eigenvalue weighted by Crippen LogP contribution is -2.36. The van der Waals surface area contributed by atoms with E-state index in [9.17, 15) is 33.9 Å². The van der Waals surface area contributed by atoms with Crippen molar-refractivity contribution in [2.45, 2.75) is 49.3 Å². The quantitative estimate of drug-likeness (QED) is 0.123. The van der Waals surface area contributed by atoms with Crippen molar-refractivity contribution in [1.82, 2.24) is 34.1 Å². The largest absolute Gasteiger partial charge is 0.472 e. The SMILES string of the molecule is CNc1ccnc2c1ncn2[C@@H]1O[C@@H]2COP(=O)(O)OC3[C@@H](O)[C@@H](OCP(=O)(O)O[C@@H]2C1O)O[C@H]3n1cnc2c(=O)[nH]c(N)nc21. The van der Waals surface area contributed by atoms with E-state index in [1.807, 2.05) is 0 Å². The second kappa shape index (κ2) is 11.4. The summed E-state index contributed by atoms with van der Waals surface area (Å²) in [5.41, 5.74) is 6.00. The third kappa shape index (κ3) is 5.41. The third-order valence-electron chi connectivity index (χ3n) is 7.55. The fourth-order valence-corrected chi connectivity index (χ4v) is 7.47. The highest BCUT2D eigenvalue weighted by molar-refractivity contribution is 7.52. The maximum atomic E-state index is 13.2. The molecule has 24 heteroatoms. The molecule has 0 saturated carbocycles. The van der Waals surface area contributed by atoms with E-state index in [-0.39, 0.29) is 22.8 Å². The summed E-state index contributed by atoms with van der Waals surface area (Å²) in [7, 11) is -8.21. The lowest BCUT2D eigenvalue weighted by Gasteiger charge is -2.25. The van der Waals surface area contributed by atoms with Gasteiger partial charge in [0.25, 0.3) is 5.56 Å². The number of nitrogen functional groups attached to an aromatic ring is 1. The number of aromatic amines is 1. The van der Waals surface area contributed by atoms with Crippen LogP contribution in [0.5, 0.6) is 0 Å². The molecule has 3 fully saturated rings.